The average molecular weight is 378 g/mol. The number of hydrogen-bond donors (Lipinski definition) is 0. The van der Waals surface area contributed by atoms with E-state index in [4.69, 9.17) is 4.74 Å². The molecular weight excluding hydrogens is 352 g/mol. The highest BCUT2D eigenvalue weighted by molar-refractivity contribution is 5.82. The summed E-state index contributed by atoms with van der Waals surface area (Å²) in [5.74, 6) is 1.81. The number of amides is 1. The van der Waals surface area contributed by atoms with Gasteiger partial charge >= 0.3 is 0 Å². The number of aromatic nitrogens is 3. The Balaban J connectivity index is 1.40. The summed E-state index contributed by atoms with van der Waals surface area (Å²) in [5, 5.41) is 0. The first-order valence-corrected chi connectivity index (χ1v) is 9.80. The zero-order valence-electron chi connectivity index (χ0n) is 16.7. The maximum absolute atomic E-state index is 12.9. The van der Waals surface area contributed by atoms with E-state index in [0.717, 1.165) is 35.4 Å². The summed E-state index contributed by atoms with van der Waals surface area (Å²) in [6, 6.07) is 8.02. The molecule has 0 unspecified atom stereocenters. The number of carbonyl (C=O) groups excluding carboxylic acids is 1. The van der Waals surface area contributed by atoms with Crippen molar-refractivity contribution in [3.63, 3.8) is 0 Å². The largest absolute Gasteiger partial charge is 0.489 e. The molecule has 28 heavy (non-hydrogen) atoms. The summed E-state index contributed by atoms with van der Waals surface area (Å²) in [5.41, 5.74) is 4.43. The van der Waals surface area contributed by atoms with Crippen LogP contribution in [0.3, 0.4) is 0 Å². The third kappa shape index (κ3) is 3.72. The standard InChI is InChI=1S/C22H26N4O2/c1-15-11-20-21(12-16(15)2)26(17(3)24-20)14-22(27)25-9-6-18(7-10-25)28-19-5-4-8-23-13-19/h4-5,8,11-13,18H,6-7,9-10,14H2,1-3H3. The second-order valence-corrected chi connectivity index (χ2v) is 7.56. The van der Waals surface area contributed by atoms with Gasteiger partial charge in [-0.05, 0) is 56.2 Å². The molecule has 0 N–H and O–H groups in total. The van der Waals surface area contributed by atoms with E-state index < -0.39 is 0 Å². The van der Waals surface area contributed by atoms with Gasteiger partial charge in [0.15, 0.2) is 0 Å². The van der Waals surface area contributed by atoms with Crippen LogP contribution in [0.25, 0.3) is 11.0 Å². The Hall–Kier alpha value is -2.89. The molecular formula is C22H26N4O2. The first-order chi connectivity index (χ1) is 13.5. The van der Waals surface area contributed by atoms with Crippen molar-refractivity contribution in [2.75, 3.05) is 13.1 Å². The van der Waals surface area contributed by atoms with Gasteiger partial charge in [-0.2, -0.15) is 0 Å². The molecule has 0 spiro atoms. The molecule has 1 fully saturated rings. The van der Waals surface area contributed by atoms with Gasteiger partial charge < -0.3 is 14.2 Å². The lowest BCUT2D eigenvalue weighted by molar-refractivity contribution is -0.133. The van der Waals surface area contributed by atoms with Gasteiger partial charge in [0.25, 0.3) is 0 Å². The second-order valence-electron chi connectivity index (χ2n) is 7.56. The minimum Gasteiger partial charge on any atom is -0.489 e. The van der Waals surface area contributed by atoms with Gasteiger partial charge in [0, 0.05) is 32.1 Å². The summed E-state index contributed by atoms with van der Waals surface area (Å²) < 4.78 is 8.00. The van der Waals surface area contributed by atoms with Crippen molar-refractivity contribution in [1.29, 1.82) is 0 Å². The number of benzene rings is 1. The van der Waals surface area contributed by atoms with E-state index in [1.165, 1.54) is 11.1 Å². The van der Waals surface area contributed by atoms with Crippen molar-refractivity contribution in [2.24, 2.45) is 0 Å². The van der Waals surface area contributed by atoms with Crippen LogP contribution in [0.5, 0.6) is 5.75 Å². The molecule has 1 aromatic carbocycles. The fourth-order valence-electron chi connectivity index (χ4n) is 3.77. The highest BCUT2D eigenvalue weighted by Crippen LogP contribution is 2.22. The van der Waals surface area contributed by atoms with Crippen LogP contribution in [-0.2, 0) is 11.3 Å². The van der Waals surface area contributed by atoms with Crippen molar-refractivity contribution in [2.45, 2.75) is 46.3 Å². The smallest absolute Gasteiger partial charge is 0.242 e. The fourth-order valence-corrected chi connectivity index (χ4v) is 3.77. The van der Waals surface area contributed by atoms with Crippen LogP contribution in [0, 0.1) is 20.8 Å². The minimum atomic E-state index is 0.134. The minimum absolute atomic E-state index is 0.134. The lowest BCUT2D eigenvalue weighted by Gasteiger charge is -2.32. The number of nitrogens with zero attached hydrogens (tertiary/aromatic N) is 4. The molecule has 0 bridgehead atoms. The molecule has 0 atom stereocenters. The van der Waals surface area contributed by atoms with Gasteiger partial charge in [0.05, 0.1) is 17.2 Å². The van der Waals surface area contributed by atoms with Crippen molar-refractivity contribution >= 4 is 16.9 Å². The predicted molar refractivity (Wildman–Crippen MR) is 108 cm³/mol. The molecule has 1 aliphatic rings. The van der Waals surface area contributed by atoms with Crippen LogP contribution in [0.1, 0.15) is 29.8 Å². The van der Waals surface area contributed by atoms with Gasteiger partial charge in [-0.1, -0.05) is 0 Å². The third-order valence-corrected chi connectivity index (χ3v) is 5.58. The number of piperidine rings is 1. The molecule has 3 aromatic rings. The van der Waals surface area contributed by atoms with Crippen LogP contribution in [-0.4, -0.2) is 44.5 Å². The number of aryl methyl sites for hydroxylation is 3. The van der Waals surface area contributed by atoms with Crippen molar-refractivity contribution < 1.29 is 9.53 Å². The first-order valence-electron chi connectivity index (χ1n) is 9.80. The second kappa shape index (κ2) is 7.62. The van der Waals surface area contributed by atoms with E-state index in [9.17, 15) is 4.79 Å². The van der Waals surface area contributed by atoms with E-state index >= 15 is 0 Å². The Morgan fingerprint density at radius 2 is 1.93 bits per heavy atom. The number of hydrogen-bond acceptors (Lipinski definition) is 4. The van der Waals surface area contributed by atoms with Gasteiger partial charge in [-0.15, -0.1) is 0 Å². The molecule has 6 heteroatoms. The van der Waals surface area contributed by atoms with Crippen LogP contribution in [0.15, 0.2) is 36.7 Å². The Kier molecular flexibility index (Phi) is 5.03. The quantitative estimate of drug-likeness (QED) is 0.698. The van der Waals surface area contributed by atoms with Gasteiger partial charge in [-0.25, -0.2) is 4.98 Å². The number of fused-ring (bicyclic) bond motifs is 1. The molecule has 146 valence electrons. The first kappa shape index (κ1) is 18.5. The summed E-state index contributed by atoms with van der Waals surface area (Å²) in [7, 11) is 0. The van der Waals surface area contributed by atoms with Crippen molar-refractivity contribution in [3.05, 3.63) is 53.6 Å². The van der Waals surface area contributed by atoms with Crippen LogP contribution in [0.2, 0.25) is 0 Å². The maximum Gasteiger partial charge on any atom is 0.242 e. The summed E-state index contributed by atoms with van der Waals surface area (Å²) in [6.45, 7) is 7.91. The summed E-state index contributed by atoms with van der Waals surface area (Å²) in [6.07, 6.45) is 5.27. The topological polar surface area (TPSA) is 60.2 Å². The van der Waals surface area contributed by atoms with E-state index in [1.54, 1.807) is 12.4 Å². The molecule has 1 amide bonds. The molecule has 0 aliphatic carbocycles. The van der Waals surface area contributed by atoms with Crippen LogP contribution < -0.4 is 4.74 Å². The number of ether oxygens (including phenoxy) is 1. The van der Waals surface area contributed by atoms with Gasteiger partial charge in [-0.3, -0.25) is 9.78 Å². The van der Waals surface area contributed by atoms with Crippen molar-refractivity contribution in [1.82, 2.24) is 19.4 Å². The molecule has 6 nitrogen and oxygen atoms in total. The fraction of sp³-hybridized carbons (Fsp3) is 0.409. The number of rotatable bonds is 4. The molecule has 0 radical (unpaired) electrons. The zero-order valence-corrected chi connectivity index (χ0v) is 16.7. The monoisotopic (exact) mass is 378 g/mol. The Labute approximate surface area is 165 Å². The molecule has 1 aliphatic heterocycles. The highest BCUT2D eigenvalue weighted by Gasteiger charge is 2.25. The highest BCUT2D eigenvalue weighted by atomic mass is 16.5. The number of carbonyl (C=O) groups is 1. The van der Waals surface area contributed by atoms with E-state index in [1.807, 2.05) is 28.5 Å². The third-order valence-electron chi connectivity index (χ3n) is 5.58. The normalized spacial score (nSPS) is 15.2. The zero-order chi connectivity index (χ0) is 19.7. The summed E-state index contributed by atoms with van der Waals surface area (Å²) >= 11 is 0. The molecule has 0 saturated carbocycles. The van der Waals surface area contributed by atoms with Crippen molar-refractivity contribution in [3.8, 4) is 5.75 Å². The van der Waals surface area contributed by atoms with Crippen LogP contribution in [0.4, 0.5) is 0 Å². The lowest BCUT2D eigenvalue weighted by Crippen LogP contribution is -2.43. The Morgan fingerprint density at radius 1 is 1.18 bits per heavy atom. The predicted octanol–water partition coefficient (Wildman–Crippen LogP) is 3.43. The van der Waals surface area contributed by atoms with E-state index in [-0.39, 0.29) is 12.0 Å². The molecule has 1 saturated heterocycles. The summed E-state index contributed by atoms with van der Waals surface area (Å²) in [4.78, 5) is 23.6. The van der Waals surface area contributed by atoms with Gasteiger partial charge in [0.1, 0.15) is 24.2 Å². The van der Waals surface area contributed by atoms with Crippen LogP contribution >= 0.6 is 0 Å². The number of likely N-dealkylation sites (tertiary alicyclic amines) is 1. The van der Waals surface area contributed by atoms with E-state index in [2.05, 4.69) is 35.9 Å². The lowest BCUT2D eigenvalue weighted by atomic mass is 10.1. The number of pyridine rings is 1. The SMILES string of the molecule is Cc1cc2nc(C)n(CC(=O)N3CCC(Oc4cccnc4)CC3)c2cc1C. The van der Waals surface area contributed by atoms with Gasteiger partial charge in [0.2, 0.25) is 5.91 Å². The number of imidazole rings is 1. The Bertz CT molecular complexity index is 989. The molecule has 4 rings (SSSR count). The maximum atomic E-state index is 12.9. The Morgan fingerprint density at radius 3 is 2.64 bits per heavy atom. The van der Waals surface area contributed by atoms with E-state index in [0.29, 0.717) is 19.6 Å². The average Bonchev–Trinajstić information content (AvgIpc) is 2.98. The molecule has 3 heterocycles. The molecule has 2 aromatic heterocycles.